The second kappa shape index (κ2) is 6.91. The summed E-state index contributed by atoms with van der Waals surface area (Å²) in [4.78, 5) is 22.5. The molecule has 1 aliphatic heterocycles. The van der Waals surface area contributed by atoms with E-state index in [1.54, 1.807) is 24.3 Å². The first kappa shape index (κ1) is 16.2. The van der Waals surface area contributed by atoms with Crippen molar-refractivity contribution in [3.63, 3.8) is 0 Å². The van der Waals surface area contributed by atoms with Crippen LogP contribution in [0, 0.1) is 6.92 Å². The zero-order chi connectivity index (χ0) is 17.2. The Labute approximate surface area is 148 Å². The molecule has 0 aromatic carbocycles. The van der Waals surface area contributed by atoms with E-state index in [1.807, 2.05) is 12.3 Å². The van der Waals surface area contributed by atoms with Gasteiger partial charge >= 0.3 is 0 Å². The number of aryl methyl sites for hydroxylation is 1. The molecule has 2 N–H and O–H groups in total. The zero-order valence-electron chi connectivity index (χ0n) is 13.9. The molecule has 8 heteroatoms. The van der Waals surface area contributed by atoms with Crippen molar-refractivity contribution >= 4 is 11.3 Å². The Balaban J connectivity index is 1.62. The Morgan fingerprint density at radius 2 is 2.40 bits per heavy atom. The minimum Gasteiger partial charge on any atom is -0.378 e. The zero-order valence-corrected chi connectivity index (χ0v) is 14.7. The molecule has 130 valence electrons. The molecule has 4 heterocycles. The minimum absolute atomic E-state index is 0.0409. The molecule has 1 saturated heterocycles. The number of nitrogens with one attached hydrogen (secondary N) is 2. The molecule has 3 aromatic rings. The molecule has 4 rings (SSSR count). The van der Waals surface area contributed by atoms with Crippen LogP contribution in [-0.2, 0) is 11.3 Å². The summed E-state index contributed by atoms with van der Waals surface area (Å²) in [5, 5.41) is 9.38. The highest BCUT2D eigenvalue weighted by atomic mass is 32.1. The van der Waals surface area contributed by atoms with Gasteiger partial charge in [0.1, 0.15) is 5.82 Å². The molecule has 0 saturated carbocycles. The standard InChI is InChI=1S/C17H19N5O2S/c1-11-19-13(7-16(23)20-11)14-10-24-5-4-22(14)9-12-8-18-21-17(12)15-3-2-6-25-15/h2-3,6-8,14H,4-5,9-10H2,1H3,(H,18,21)(H,19,20,23). The van der Waals surface area contributed by atoms with Crippen LogP contribution in [0.15, 0.2) is 34.6 Å². The minimum atomic E-state index is -0.129. The van der Waals surface area contributed by atoms with Crippen molar-refractivity contribution in [2.75, 3.05) is 19.8 Å². The fraction of sp³-hybridized carbons (Fsp3) is 0.353. The topological polar surface area (TPSA) is 86.9 Å². The van der Waals surface area contributed by atoms with Crippen molar-refractivity contribution in [3.05, 3.63) is 57.2 Å². The number of hydrogen-bond acceptors (Lipinski definition) is 6. The monoisotopic (exact) mass is 357 g/mol. The summed E-state index contributed by atoms with van der Waals surface area (Å²) in [6.45, 7) is 4.51. The molecule has 7 nitrogen and oxygen atoms in total. The van der Waals surface area contributed by atoms with Gasteiger partial charge in [-0.15, -0.1) is 11.3 Å². The molecule has 1 fully saturated rings. The van der Waals surface area contributed by atoms with Crippen LogP contribution in [0.4, 0.5) is 0 Å². The Kier molecular flexibility index (Phi) is 4.48. The molecular weight excluding hydrogens is 338 g/mol. The lowest BCUT2D eigenvalue weighted by Gasteiger charge is -2.35. The van der Waals surface area contributed by atoms with E-state index in [-0.39, 0.29) is 11.6 Å². The first-order chi connectivity index (χ1) is 12.2. The van der Waals surface area contributed by atoms with Crippen LogP contribution < -0.4 is 5.56 Å². The molecule has 0 bridgehead atoms. The summed E-state index contributed by atoms with van der Waals surface area (Å²) in [7, 11) is 0. The van der Waals surface area contributed by atoms with Crippen LogP contribution in [0.5, 0.6) is 0 Å². The van der Waals surface area contributed by atoms with Gasteiger partial charge in [-0.05, 0) is 18.4 Å². The van der Waals surface area contributed by atoms with Crippen molar-refractivity contribution in [2.24, 2.45) is 0 Å². The van der Waals surface area contributed by atoms with Gasteiger partial charge in [-0.2, -0.15) is 5.10 Å². The van der Waals surface area contributed by atoms with E-state index < -0.39 is 0 Å². The first-order valence-corrected chi connectivity index (χ1v) is 9.04. The lowest BCUT2D eigenvalue weighted by atomic mass is 10.1. The summed E-state index contributed by atoms with van der Waals surface area (Å²) >= 11 is 1.69. The Bertz CT molecular complexity index is 902. The van der Waals surface area contributed by atoms with Gasteiger partial charge in [0.15, 0.2) is 0 Å². The van der Waals surface area contributed by atoms with Crippen LogP contribution in [0.25, 0.3) is 10.6 Å². The molecule has 1 aliphatic rings. The van der Waals surface area contributed by atoms with E-state index in [0.717, 1.165) is 30.0 Å². The van der Waals surface area contributed by atoms with Gasteiger partial charge in [0.05, 0.1) is 41.7 Å². The van der Waals surface area contributed by atoms with Crippen molar-refractivity contribution in [2.45, 2.75) is 19.5 Å². The Morgan fingerprint density at radius 3 is 3.20 bits per heavy atom. The van der Waals surface area contributed by atoms with Gasteiger partial charge in [0, 0.05) is 24.7 Å². The van der Waals surface area contributed by atoms with Gasteiger partial charge in [-0.3, -0.25) is 14.8 Å². The maximum Gasteiger partial charge on any atom is 0.251 e. The molecular formula is C17H19N5O2S. The van der Waals surface area contributed by atoms with Crippen molar-refractivity contribution in [1.82, 2.24) is 25.1 Å². The molecule has 1 atom stereocenters. The number of nitrogens with zero attached hydrogens (tertiary/aromatic N) is 3. The SMILES string of the molecule is Cc1nc(C2COCCN2Cc2cn[nH]c2-c2cccs2)cc(=O)[nH]1. The van der Waals surface area contributed by atoms with E-state index in [9.17, 15) is 4.79 Å². The number of ether oxygens (including phenoxy) is 1. The van der Waals surface area contributed by atoms with E-state index in [1.165, 1.54) is 4.88 Å². The Hall–Kier alpha value is -2.29. The number of aromatic nitrogens is 4. The van der Waals surface area contributed by atoms with Gasteiger partial charge in [0.25, 0.3) is 5.56 Å². The second-order valence-corrected chi connectivity index (χ2v) is 7.01. The summed E-state index contributed by atoms with van der Waals surface area (Å²) in [5.41, 5.74) is 2.81. The van der Waals surface area contributed by atoms with Crippen molar-refractivity contribution in [3.8, 4) is 10.6 Å². The smallest absolute Gasteiger partial charge is 0.251 e. The Morgan fingerprint density at radius 1 is 1.48 bits per heavy atom. The number of H-pyrrole nitrogens is 2. The lowest BCUT2D eigenvalue weighted by Crippen LogP contribution is -2.40. The predicted molar refractivity (Wildman–Crippen MR) is 95.5 cm³/mol. The molecule has 0 amide bonds. The summed E-state index contributed by atoms with van der Waals surface area (Å²) in [6, 6.07) is 5.64. The number of hydrogen-bond donors (Lipinski definition) is 2. The largest absolute Gasteiger partial charge is 0.378 e. The predicted octanol–water partition coefficient (Wildman–Crippen LogP) is 2.10. The normalized spacial score (nSPS) is 18.5. The highest BCUT2D eigenvalue weighted by Gasteiger charge is 2.27. The lowest BCUT2D eigenvalue weighted by molar-refractivity contribution is -0.0143. The van der Waals surface area contributed by atoms with Gasteiger partial charge in [-0.25, -0.2) is 4.98 Å². The maximum absolute atomic E-state index is 11.8. The highest BCUT2D eigenvalue weighted by Crippen LogP contribution is 2.29. The van der Waals surface area contributed by atoms with E-state index >= 15 is 0 Å². The third kappa shape index (κ3) is 3.41. The van der Waals surface area contributed by atoms with Crippen LogP contribution >= 0.6 is 11.3 Å². The summed E-state index contributed by atoms with van der Waals surface area (Å²) in [5.74, 6) is 0.621. The fourth-order valence-corrected chi connectivity index (χ4v) is 3.91. The van der Waals surface area contributed by atoms with Gasteiger partial charge in [0.2, 0.25) is 0 Å². The third-order valence-corrected chi connectivity index (χ3v) is 5.21. The maximum atomic E-state index is 11.8. The van der Waals surface area contributed by atoms with Crippen molar-refractivity contribution in [1.29, 1.82) is 0 Å². The molecule has 3 aromatic heterocycles. The van der Waals surface area contributed by atoms with Crippen LogP contribution in [0.2, 0.25) is 0 Å². The third-order valence-electron chi connectivity index (χ3n) is 4.32. The summed E-state index contributed by atoms with van der Waals surface area (Å²) < 4.78 is 5.65. The van der Waals surface area contributed by atoms with Gasteiger partial charge < -0.3 is 9.72 Å². The number of thiophene rings is 1. The molecule has 1 unspecified atom stereocenters. The number of morpholine rings is 1. The van der Waals surface area contributed by atoms with Crippen LogP contribution in [0.3, 0.4) is 0 Å². The van der Waals surface area contributed by atoms with Crippen LogP contribution in [0.1, 0.15) is 23.1 Å². The quantitative estimate of drug-likeness (QED) is 0.747. The average Bonchev–Trinajstić information content (AvgIpc) is 3.25. The molecule has 0 spiro atoms. The fourth-order valence-electron chi connectivity index (χ4n) is 3.16. The van der Waals surface area contributed by atoms with Crippen molar-refractivity contribution < 1.29 is 4.74 Å². The molecule has 0 aliphatic carbocycles. The van der Waals surface area contributed by atoms with E-state index in [4.69, 9.17) is 4.74 Å². The highest BCUT2D eigenvalue weighted by molar-refractivity contribution is 7.13. The number of rotatable bonds is 4. The average molecular weight is 357 g/mol. The van der Waals surface area contributed by atoms with E-state index in [0.29, 0.717) is 19.0 Å². The molecule has 25 heavy (non-hydrogen) atoms. The van der Waals surface area contributed by atoms with Gasteiger partial charge in [-0.1, -0.05) is 6.07 Å². The first-order valence-electron chi connectivity index (χ1n) is 8.16. The number of aromatic amines is 2. The molecule has 0 radical (unpaired) electrons. The van der Waals surface area contributed by atoms with E-state index in [2.05, 4.69) is 36.5 Å². The summed E-state index contributed by atoms with van der Waals surface area (Å²) in [6.07, 6.45) is 1.87. The second-order valence-electron chi connectivity index (χ2n) is 6.06. The van der Waals surface area contributed by atoms with Crippen LogP contribution in [-0.4, -0.2) is 44.8 Å².